The number of esters is 1. The lowest BCUT2D eigenvalue weighted by atomic mass is 10.1. The van der Waals surface area contributed by atoms with Crippen LogP contribution in [-0.2, 0) is 4.79 Å². The summed E-state index contributed by atoms with van der Waals surface area (Å²) in [5, 5.41) is 0. The molecule has 0 amide bonds. The van der Waals surface area contributed by atoms with Crippen molar-refractivity contribution in [1.29, 1.82) is 0 Å². The average Bonchev–Trinajstić information content (AvgIpc) is 2.39. The Morgan fingerprint density at radius 2 is 1.52 bits per heavy atom. The molecule has 0 saturated heterocycles. The molecular formula is C18H20O3. The van der Waals surface area contributed by atoms with Crippen LogP contribution in [0.15, 0.2) is 36.4 Å². The summed E-state index contributed by atoms with van der Waals surface area (Å²) in [4.78, 5) is 11.8. The molecule has 110 valence electrons. The van der Waals surface area contributed by atoms with Gasteiger partial charge in [-0.1, -0.05) is 12.1 Å². The number of ether oxygens (including phenoxy) is 2. The van der Waals surface area contributed by atoms with Crippen LogP contribution < -0.4 is 9.47 Å². The molecule has 0 aromatic heterocycles. The van der Waals surface area contributed by atoms with Gasteiger partial charge in [-0.15, -0.1) is 0 Å². The maximum absolute atomic E-state index is 11.8. The maximum atomic E-state index is 11.8. The molecule has 0 aliphatic heterocycles. The smallest absolute Gasteiger partial charge is 0.349 e. The van der Waals surface area contributed by atoms with Gasteiger partial charge >= 0.3 is 5.97 Å². The molecule has 0 atom stereocenters. The summed E-state index contributed by atoms with van der Waals surface area (Å²) in [6.07, 6.45) is 0. The van der Waals surface area contributed by atoms with E-state index in [2.05, 4.69) is 0 Å². The van der Waals surface area contributed by atoms with Gasteiger partial charge < -0.3 is 9.47 Å². The zero-order valence-corrected chi connectivity index (χ0v) is 12.9. The second-order valence-electron chi connectivity index (χ2n) is 5.33. The summed E-state index contributed by atoms with van der Waals surface area (Å²) >= 11 is 0. The minimum absolute atomic E-state index is 0.102. The number of rotatable bonds is 4. The Labute approximate surface area is 125 Å². The highest BCUT2D eigenvalue weighted by atomic mass is 16.6. The van der Waals surface area contributed by atoms with Crippen molar-refractivity contribution in [3.05, 3.63) is 58.7 Å². The predicted molar refractivity (Wildman–Crippen MR) is 83.0 cm³/mol. The fraction of sp³-hybridized carbons (Fsp3) is 0.278. The third-order valence-electron chi connectivity index (χ3n) is 3.26. The number of carbonyl (C=O) groups excluding carboxylic acids is 1. The van der Waals surface area contributed by atoms with Gasteiger partial charge in [0.15, 0.2) is 6.61 Å². The molecule has 0 unspecified atom stereocenters. The van der Waals surface area contributed by atoms with Crippen LogP contribution in [0.25, 0.3) is 0 Å². The molecule has 2 rings (SSSR count). The lowest BCUT2D eigenvalue weighted by Crippen LogP contribution is -2.17. The summed E-state index contributed by atoms with van der Waals surface area (Å²) in [6, 6.07) is 11.4. The average molecular weight is 284 g/mol. The van der Waals surface area contributed by atoms with Gasteiger partial charge in [-0.3, -0.25) is 0 Å². The molecule has 21 heavy (non-hydrogen) atoms. The van der Waals surface area contributed by atoms with Crippen molar-refractivity contribution >= 4 is 5.97 Å². The molecule has 0 aliphatic carbocycles. The van der Waals surface area contributed by atoms with Gasteiger partial charge in [-0.25, -0.2) is 4.79 Å². The number of aryl methyl sites for hydroxylation is 4. The highest BCUT2D eigenvalue weighted by molar-refractivity contribution is 5.74. The first kappa shape index (κ1) is 15.1. The van der Waals surface area contributed by atoms with E-state index in [0.29, 0.717) is 11.5 Å². The summed E-state index contributed by atoms with van der Waals surface area (Å²) in [7, 11) is 0. The molecule has 0 bridgehead atoms. The minimum Gasteiger partial charge on any atom is -0.482 e. The van der Waals surface area contributed by atoms with Crippen molar-refractivity contribution < 1.29 is 14.3 Å². The lowest BCUT2D eigenvalue weighted by molar-refractivity contribution is -0.136. The largest absolute Gasteiger partial charge is 0.482 e. The van der Waals surface area contributed by atoms with Crippen molar-refractivity contribution in [2.75, 3.05) is 6.61 Å². The van der Waals surface area contributed by atoms with Crippen molar-refractivity contribution in [3.63, 3.8) is 0 Å². The SMILES string of the molecule is Cc1cc(C)cc(OC(=O)COc2ccc(C)c(C)c2)c1. The third kappa shape index (κ3) is 4.35. The van der Waals surface area contributed by atoms with Gasteiger partial charge in [0, 0.05) is 0 Å². The molecule has 2 aromatic rings. The van der Waals surface area contributed by atoms with E-state index in [1.807, 2.05) is 64.1 Å². The molecule has 0 fully saturated rings. The molecule has 0 radical (unpaired) electrons. The first-order chi connectivity index (χ1) is 9.94. The number of carbonyl (C=O) groups is 1. The van der Waals surface area contributed by atoms with E-state index in [4.69, 9.17) is 9.47 Å². The standard InChI is InChI=1S/C18H20O3/c1-12-7-13(2)9-17(8-12)21-18(19)11-20-16-6-5-14(3)15(4)10-16/h5-10H,11H2,1-4H3. The van der Waals surface area contributed by atoms with E-state index in [-0.39, 0.29) is 6.61 Å². The zero-order chi connectivity index (χ0) is 15.4. The zero-order valence-electron chi connectivity index (χ0n) is 12.9. The molecule has 0 spiro atoms. The first-order valence-electron chi connectivity index (χ1n) is 6.93. The van der Waals surface area contributed by atoms with Gasteiger partial charge in [-0.05, 0) is 74.2 Å². The highest BCUT2D eigenvalue weighted by Crippen LogP contribution is 2.18. The topological polar surface area (TPSA) is 35.5 Å². The van der Waals surface area contributed by atoms with Crippen LogP contribution in [0.1, 0.15) is 22.3 Å². The minimum atomic E-state index is -0.404. The summed E-state index contributed by atoms with van der Waals surface area (Å²) in [5.41, 5.74) is 4.45. The Morgan fingerprint density at radius 3 is 2.14 bits per heavy atom. The van der Waals surface area contributed by atoms with Crippen molar-refractivity contribution in [3.8, 4) is 11.5 Å². The summed E-state index contributed by atoms with van der Waals surface area (Å²) in [6.45, 7) is 7.88. The molecule has 3 heteroatoms. The Bertz CT molecular complexity index is 639. The normalized spacial score (nSPS) is 10.3. The van der Waals surface area contributed by atoms with Crippen molar-refractivity contribution in [2.24, 2.45) is 0 Å². The second kappa shape index (κ2) is 6.44. The Morgan fingerprint density at radius 1 is 0.857 bits per heavy atom. The first-order valence-corrected chi connectivity index (χ1v) is 6.93. The lowest BCUT2D eigenvalue weighted by Gasteiger charge is -2.09. The molecule has 0 heterocycles. The van der Waals surface area contributed by atoms with Crippen molar-refractivity contribution in [1.82, 2.24) is 0 Å². The van der Waals surface area contributed by atoms with Gasteiger partial charge in [0.1, 0.15) is 11.5 Å². The van der Waals surface area contributed by atoms with Crippen LogP contribution in [0.4, 0.5) is 0 Å². The second-order valence-corrected chi connectivity index (χ2v) is 5.33. The molecule has 0 N–H and O–H groups in total. The van der Waals surface area contributed by atoms with Gasteiger partial charge in [0.2, 0.25) is 0 Å². The Hall–Kier alpha value is -2.29. The Kier molecular flexibility index (Phi) is 4.63. The summed E-state index contributed by atoms with van der Waals surface area (Å²) < 4.78 is 10.7. The number of benzene rings is 2. The fourth-order valence-corrected chi connectivity index (χ4v) is 2.10. The van der Waals surface area contributed by atoms with Gasteiger partial charge in [0.05, 0.1) is 0 Å². The van der Waals surface area contributed by atoms with Crippen LogP contribution >= 0.6 is 0 Å². The van der Waals surface area contributed by atoms with Crippen LogP contribution in [-0.4, -0.2) is 12.6 Å². The monoisotopic (exact) mass is 284 g/mol. The molecule has 0 saturated carbocycles. The number of hydrogen-bond acceptors (Lipinski definition) is 3. The predicted octanol–water partition coefficient (Wildman–Crippen LogP) is 3.90. The molecule has 3 nitrogen and oxygen atoms in total. The van der Waals surface area contributed by atoms with E-state index in [1.54, 1.807) is 0 Å². The van der Waals surface area contributed by atoms with E-state index in [1.165, 1.54) is 5.56 Å². The van der Waals surface area contributed by atoms with Gasteiger partial charge in [0.25, 0.3) is 0 Å². The van der Waals surface area contributed by atoms with E-state index in [9.17, 15) is 4.79 Å². The molecule has 2 aromatic carbocycles. The fourth-order valence-electron chi connectivity index (χ4n) is 2.10. The highest BCUT2D eigenvalue weighted by Gasteiger charge is 2.07. The van der Waals surface area contributed by atoms with E-state index < -0.39 is 5.97 Å². The van der Waals surface area contributed by atoms with Crippen LogP contribution in [0.5, 0.6) is 11.5 Å². The van der Waals surface area contributed by atoms with Crippen LogP contribution in [0.2, 0.25) is 0 Å². The van der Waals surface area contributed by atoms with E-state index >= 15 is 0 Å². The van der Waals surface area contributed by atoms with E-state index in [0.717, 1.165) is 16.7 Å². The van der Waals surface area contributed by atoms with Gasteiger partial charge in [-0.2, -0.15) is 0 Å². The number of hydrogen-bond donors (Lipinski definition) is 0. The Balaban J connectivity index is 1.94. The quantitative estimate of drug-likeness (QED) is 0.631. The third-order valence-corrected chi connectivity index (χ3v) is 3.26. The molecule has 0 aliphatic rings. The maximum Gasteiger partial charge on any atom is 0.349 e. The van der Waals surface area contributed by atoms with Crippen molar-refractivity contribution in [2.45, 2.75) is 27.7 Å². The summed E-state index contributed by atoms with van der Waals surface area (Å²) in [5.74, 6) is 0.829. The molecular weight excluding hydrogens is 264 g/mol. The van der Waals surface area contributed by atoms with Crippen LogP contribution in [0.3, 0.4) is 0 Å². The van der Waals surface area contributed by atoms with Crippen LogP contribution in [0, 0.1) is 27.7 Å².